The van der Waals surface area contributed by atoms with Gasteiger partial charge in [-0.3, -0.25) is 10.1 Å². The highest BCUT2D eigenvalue weighted by atomic mass is 19.2. The van der Waals surface area contributed by atoms with Crippen molar-refractivity contribution in [2.75, 3.05) is 33.3 Å². The Labute approximate surface area is 224 Å². The van der Waals surface area contributed by atoms with E-state index in [-0.39, 0.29) is 22.9 Å². The van der Waals surface area contributed by atoms with E-state index in [9.17, 15) is 28.0 Å². The molecule has 2 heterocycles. The topological polar surface area (TPSA) is 106 Å². The molecule has 0 saturated carbocycles. The first-order valence-corrected chi connectivity index (χ1v) is 12.8. The summed E-state index contributed by atoms with van der Waals surface area (Å²) in [7, 11) is 1.30. The quantitative estimate of drug-likeness (QED) is 0.417. The number of nitriles is 1. The molecule has 1 unspecified atom stereocenters. The van der Waals surface area contributed by atoms with E-state index in [0.717, 1.165) is 56.6 Å². The second-order valence-corrected chi connectivity index (χ2v) is 9.57. The molecule has 0 aliphatic carbocycles. The van der Waals surface area contributed by atoms with Crippen molar-refractivity contribution < 1.29 is 27.5 Å². The molecule has 0 radical (unpaired) electrons. The number of carbonyl (C=O) groups is 2. The van der Waals surface area contributed by atoms with Crippen molar-refractivity contribution in [3.05, 3.63) is 82.0 Å². The average Bonchev–Trinajstić information content (AvgIpc) is 2.94. The van der Waals surface area contributed by atoms with Crippen LogP contribution in [-0.4, -0.2) is 50.1 Å². The molecule has 39 heavy (non-hydrogen) atoms. The molecule has 1 atom stereocenters. The van der Waals surface area contributed by atoms with Gasteiger partial charge < -0.3 is 20.3 Å². The summed E-state index contributed by atoms with van der Waals surface area (Å²) in [5.74, 6) is -2.86. The molecule has 2 aromatic rings. The first-order chi connectivity index (χ1) is 18.8. The van der Waals surface area contributed by atoms with Crippen molar-refractivity contribution in [1.82, 2.24) is 20.9 Å². The first kappa shape index (κ1) is 28.0. The molecule has 11 heteroatoms. The van der Waals surface area contributed by atoms with Gasteiger partial charge in [-0.2, -0.15) is 5.26 Å². The van der Waals surface area contributed by atoms with Crippen LogP contribution in [0.4, 0.5) is 18.0 Å². The van der Waals surface area contributed by atoms with Crippen molar-refractivity contribution in [2.45, 2.75) is 37.6 Å². The van der Waals surface area contributed by atoms with Gasteiger partial charge in [0, 0.05) is 6.54 Å². The molecular weight excluding hydrogens is 511 g/mol. The predicted octanol–water partition coefficient (Wildman–Crippen LogP) is 3.96. The SMILES string of the molecule is COC1=C(C(=O)NCCCCN2CCC(c3ccc(F)cc3C#N)CC2)C(c2ccc(F)c(F)c2)NC(=O)N1. The molecule has 2 aliphatic rings. The van der Waals surface area contributed by atoms with Gasteiger partial charge in [0.2, 0.25) is 5.88 Å². The van der Waals surface area contributed by atoms with E-state index in [1.807, 2.05) is 0 Å². The van der Waals surface area contributed by atoms with Gasteiger partial charge in [0.05, 0.1) is 24.8 Å². The Bertz CT molecular complexity index is 1300. The van der Waals surface area contributed by atoms with Crippen molar-refractivity contribution in [1.29, 1.82) is 5.26 Å². The number of nitrogens with zero attached hydrogens (tertiary/aromatic N) is 2. The number of methoxy groups -OCH3 is 1. The normalized spacial score (nSPS) is 18.2. The van der Waals surface area contributed by atoms with Crippen LogP contribution in [0.2, 0.25) is 0 Å². The summed E-state index contributed by atoms with van der Waals surface area (Å²) in [6, 6.07) is 8.02. The predicted molar refractivity (Wildman–Crippen MR) is 137 cm³/mol. The van der Waals surface area contributed by atoms with E-state index in [1.165, 1.54) is 25.3 Å². The molecule has 206 valence electrons. The number of rotatable bonds is 9. The number of benzene rings is 2. The third-order valence-corrected chi connectivity index (χ3v) is 7.11. The monoisotopic (exact) mass is 541 g/mol. The van der Waals surface area contributed by atoms with Gasteiger partial charge in [0.15, 0.2) is 11.6 Å². The minimum Gasteiger partial charge on any atom is -0.482 e. The molecule has 3 N–H and O–H groups in total. The molecule has 0 spiro atoms. The van der Waals surface area contributed by atoms with Crippen LogP contribution in [0.5, 0.6) is 0 Å². The lowest BCUT2D eigenvalue weighted by atomic mass is 9.86. The third-order valence-electron chi connectivity index (χ3n) is 7.11. The van der Waals surface area contributed by atoms with Crippen LogP contribution >= 0.6 is 0 Å². The number of unbranched alkanes of at least 4 members (excludes halogenated alkanes) is 1. The van der Waals surface area contributed by atoms with Crippen LogP contribution in [-0.2, 0) is 9.53 Å². The summed E-state index contributed by atoms with van der Waals surface area (Å²) in [4.78, 5) is 27.4. The first-order valence-electron chi connectivity index (χ1n) is 12.8. The number of amides is 3. The van der Waals surface area contributed by atoms with Gasteiger partial charge in [0.25, 0.3) is 5.91 Å². The number of ether oxygens (including phenoxy) is 1. The fourth-order valence-electron chi connectivity index (χ4n) is 5.08. The second-order valence-electron chi connectivity index (χ2n) is 9.57. The van der Waals surface area contributed by atoms with Gasteiger partial charge in [-0.1, -0.05) is 12.1 Å². The van der Waals surface area contributed by atoms with Gasteiger partial charge in [-0.15, -0.1) is 0 Å². The van der Waals surface area contributed by atoms with E-state index in [1.54, 1.807) is 6.07 Å². The molecular formula is C28H30F3N5O3. The summed E-state index contributed by atoms with van der Waals surface area (Å²) in [6.07, 6.45) is 3.31. The van der Waals surface area contributed by atoms with E-state index in [0.29, 0.717) is 18.5 Å². The van der Waals surface area contributed by atoms with Crippen LogP contribution in [0.3, 0.4) is 0 Å². The van der Waals surface area contributed by atoms with Crippen molar-refractivity contribution in [3.63, 3.8) is 0 Å². The maximum atomic E-state index is 13.9. The minimum atomic E-state index is -1.09. The van der Waals surface area contributed by atoms with Gasteiger partial charge >= 0.3 is 6.03 Å². The second kappa shape index (κ2) is 12.7. The number of hydrogen-bond donors (Lipinski definition) is 3. The number of likely N-dealkylation sites (tertiary alicyclic amines) is 1. The lowest BCUT2D eigenvalue weighted by Gasteiger charge is -2.32. The fraction of sp³-hybridized carbons (Fsp3) is 0.393. The maximum Gasteiger partial charge on any atom is 0.322 e. The average molecular weight is 542 g/mol. The molecule has 8 nitrogen and oxygen atoms in total. The highest BCUT2D eigenvalue weighted by Gasteiger charge is 2.34. The number of urea groups is 1. The van der Waals surface area contributed by atoms with E-state index < -0.39 is 35.4 Å². The van der Waals surface area contributed by atoms with Gasteiger partial charge in [-0.05, 0) is 86.6 Å². The minimum absolute atomic E-state index is 0.0581. The van der Waals surface area contributed by atoms with E-state index >= 15 is 0 Å². The Morgan fingerprint density at radius 1 is 1.13 bits per heavy atom. The van der Waals surface area contributed by atoms with Crippen molar-refractivity contribution in [3.8, 4) is 6.07 Å². The number of carbonyl (C=O) groups excluding carboxylic acids is 2. The highest BCUT2D eigenvalue weighted by Crippen LogP contribution is 2.31. The van der Waals surface area contributed by atoms with Crippen molar-refractivity contribution in [2.24, 2.45) is 0 Å². The Morgan fingerprint density at radius 3 is 2.59 bits per heavy atom. The Hall–Kier alpha value is -4.04. The molecule has 0 bridgehead atoms. The van der Waals surface area contributed by atoms with Crippen LogP contribution in [0, 0.1) is 28.8 Å². The van der Waals surface area contributed by atoms with Crippen molar-refractivity contribution >= 4 is 11.9 Å². The molecule has 2 aliphatic heterocycles. The largest absolute Gasteiger partial charge is 0.482 e. The number of piperidine rings is 1. The maximum absolute atomic E-state index is 13.9. The smallest absolute Gasteiger partial charge is 0.322 e. The number of nitrogens with one attached hydrogen (secondary N) is 3. The summed E-state index contributed by atoms with van der Waals surface area (Å²) in [6.45, 7) is 2.95. The Balaban J connectivity index is 1.27. The number of hydrogen-bond acceptors (Lipinski definition) is 5. The molecule has 2 aromatic carbocycles. The molecule has 1 saturated heterocycles. The van der Waals surface area contributed by atoms with Crippen LogP contribution in [0.15, 0.2) is 47.9 Å². The molecule has 1 fully saturated rings. The van der Waals surface area contributed by atoms with Gasteiger partial charge in [0.1, 0.15) is 11.4 Å². The third kappa shape index (κ3) is 6.70. The molecule has 0 aromatic heterocycles. The zero-order chi connectivity index (χ0) is 27.9. The zero-order valence-electron chi connectivity index (χ0n) is 21.5. The Morgan fingerprint density at radius 2 is 1.90 bits per heavy atom. The standard InChI is InChI=1S/C28H30F3N5O3/c1-39-27-24(25(34-28(38)35-27)18-4-7-22(30)23(31)15-18)26(37)33-10-2-3-11-36-12-8-17(9-13-36)21-6-5-20(29)14-19(21)16-32/h4-7,14-15,17,25H,2-3,8-13H2,1H3,(H,33,37)(H2,34,35,38). The number of halogens is 3. The van der Waals surface area contributed by atoms with E-state index in [2.05, 4.69) is 26.9 Å². The zero-order valence-corrected chi connectivity index (χ0v) is 21.5. The summed E-state index contributed by atoms with van der Waals surface area (Å²) >= 11 is 0. The summed E-state index contributed by atoms with van der Waals surface area (Å²) in [5, 5.41) is 17.1. The van der Waals surface area contributed by atoms with Gasteiger partial charge in [-0.25, -0.2) is 18.0 Å². The molecule has 3 amide bonds. The highest BCUT2D eigenvalue weighted by molar-refractivity contribution is 5.98. The summed E-state index contributed by atoms with van der Waals surface area (Å²) in [5.41, 5.74) is 1.56. The fourth-order valence-corrected chi connectivity index (χ4v) is 5.08. The lowest BCUT2D eigenvalue weighted by Crippen LogP contribution is -2.48. The van der Waals surface area contributed by atoms with Crippen LogP contribution < -0.4 is 16.0 Å². The van der Waals surface area contributed by atoms with Crippen LogP contribution in [0.1, 0.15) is 54.3 Å². The van der Waals surface area contributed by atoms with E-state index in [4.69, 9.17) is 4.74 Å². The lowest BCUT2D eigenvalue weighted by molar-refractivity contribution is -0.118. The Kier molecular flexibility index (Phi) is 9.09. The summed E-state index contributed by atoms with van der Waals surface area (Å²) < 4.78 is 46.0. The van der Waals surface area contributed by atoms with Crippen LogP contribution in [0.25, 0.3) is 0 Å². The molecule has 4 rings (SSSR count).